The summed E-state index contributed by atoms with van der Waals surface area (Å²) in [5.41, 5.74) is 2.54. The van der Waals surface area contributed by atoms with Crippen LogP contribution in [-0.2, 0) is 6.54 Å². The second-order valence-corrected chi connectivity index (χ2v) is 6.77. The third kappa shape index (κ3) is 4.78. The zero-order valence-corrected chi connectivity index (χ0v) is 16.0. The molecule has 0 aromatic heterocycles. The number of benzene rings is 2. The topological polar surface area (TPSA) is 42.0 Å². The fraction of sp³-hybridized carbons (Fsp3) is 0.381. The lowest BCUT2D eigenvalue weighted by molar-refractivity contribution is -0.0517. The van der Waals surface area contributed by atoms with Gasteiger partial charge in [-0.2, -0.15) is 8.78 Å². The molecule has 1 aliphatic heterocycles. The number of rotatable bonds is 6. The monoisotopic (exact) mass is 390 g/mol. The molecule has 7 heteroatoms. The van der Waals surface area contributed by atoms with Crippen LogP contribution in [-0.4, -0.2) is 55.6 Å². The minimum Gasteiger partial charge on any atom is -0.493 e. The van der Waals surface area contributed by atoms with E-state index in [-0.39, 0.29) is 23.0 Å². The van der Waals surface area contributed by atoms with E-state index < -0.39 is 6.61 Å². The number of alkyl halides is 2. The summed E-state index contributed by atoms with van der Waals surface area (Å²) in [6.07, 6.45) is 0. The molecule has 0 unspecified atom stereocenters. The lowest BCUT2D eigenvalue weighted by Gasteiger charge is -2.35. The van der Waals surface area contributed by atoms with E-state index in [1.165, 1.54) is 30.4 Å². The van der Waals surface area contributed by atoms with Crippen LogP contribution in [0.15, 0.2) is 42.5 Å². The van der Waals surface area contributed by atoms with Crippen LogP contribution in [0.25, 0.3) is 0 Å². The SMILES string of the molecule is COc1cccc(C(=O)N2CCN(Cc3cccc(C)c3)CC2)c1OC(F)F. The number of hydrogen-bond acceptors (Lipinski definition) is 4. The van der Waals surface area contributed by atoms with E-state index in [0.29, 0.717) is 26.2 Å². The molecule has 2 aromatic carbocycles. The Kier molecular flexibility index (Phi) is 6.46. The molecule has 0 radical (unpaired) electrons. The number of carbonyl (C=O) groups is 1. The average Bonchev–Trinajstić information content (AvgIpc) is 2.68. The first-order chi connectivity index (χ1) is 13.5. The Morgan fingerprint density at radius 2 is 1.82 bits per heavy atom. The number of aryl methyl sites for hydroxylation is 1. The van der Waals surface area contributed by atoms with Gasteiger partial charge in [0.1, 0.15) is 0 Å². The molecule has 0 aliphatic carbocycles. The number of methoxy groups -OCH3 is 1. The Morgan fingerprint density at radius 3 is 2.46 bits per heavy atom. The molecule has 5 nitrogen and oxygen atoms in total. The third-order valence-electron chi connectivity index (χ3n) is 4.78. The van der Waals surface area contributed by atoms with E-state index in [9.17, 15) is 13.6 Å². The summed E-state index contributed by atoms with van der Waals surface area (Å²) in [6, 6.07) is 12.9. The molecule has 0 atom stereocenters. The normalized spacial score (nSPS) is 15.0. The summed E-state index contributed by atoms with van der Waals surface area (Å²) in [5.74, 6) is -0.429. The van der Waals surface area contributed by atoms with Gasteiger partial charge in [0.25, 0.3) is 5.91 Å². The number of nitrogens with zero attached hydrogens (tertiary/aromatic N) is 2. The molecule has 28 heavy (non-hydrogen) atoms. The molecule has 0 N–H and O–H groups in total. The average molecular weight is 390 g/mol. The molecule has 1 heterocycles. The predicted molar refractivity (Wildman–Crippen MR) is 102 cm³/mol. The minimum absolute atomic E-state index is 0.0896. The number of hydrogen-bond donors (Lipinski definition) is 0. The van der Waals surface area contributed by atoms with Gasteiger partial charge in [0.2, 0.25) is 0 Å². The number of para-hydroxylation sites is 1. The van der Waals surface area contributed by atoms with Crippen molar-refractivity contribution in [2.45, 2.75) is 20.1 Å². The molecule has 0 spiro atoms. The highest BCUT2D eigenvalue weighted by Gasteiger charge is 2.27. The molecule has 2 aromatic rings. The number of piperazine rings is 1. The summed E-state index contributed by atoms with van der Waals surface area (Å²) in [6.45, 7) is 2.33. The van der Waals surface area contributed by atoms with Crippen molar-refractivity contribution in [2.24, 2.45) is 0 Å². The highest BCUT2D eigenvalue weighted by molar-refractivity contribution is 5.98. The van der Waals surface area contributed by atoms with E-state index in [2.05, 4.69) is 34.8 Å². The molecule has 1 aliphatic rings. The van der Waals surface area contributed by atoms with Crippen LogP contribution < -0.4 is 9.47 Å². The van der Waals surface area contributed by atoms with Crippen molar-refractivity contribution in [1.29, 1.82) is 0 Å². The molecule has 1 amide bonds. The van der Waals surface area contributed by atoms with E-state index in [4.69, 9.17) is 4.74 Å². The number of halogens is 2. The molecule has 1 fully saturated rings. The zero-order valence-electron chi connectivity index (χ0n) is 16.0. The first kappa shape index (κ1) is 20.1. The van der Waals surface area contributed by atoms with Crippen molar-refractivity contribution in [1.82, 2.24) is 9.80 Å². The van der Waals surface area contributed by atoms with Crippen molar-refractivity contribution in [2.75, 3.05) is 33.3 Å². The minimum atomic E-state index is -3.03. The van der Waals surface area contributed by atoms with Gasteiger partial charge >= 0.3 is 6.61 Å². The van der Waals surface area contributed by atoms with Crippen LogP contribution in [0.3, 0.4) is 0 Å². The molecule has 150 valence electrons. The van der Waals surface area contributed by atoms with E-state index in [1.807, 2.05) is 6.07 Å². The van der Waals surface area contributed by atoms with E-state index in [1.54, 1.807) is 11.0 Å². The van der Waals surface area contributed by atoms with Gasteiger partial charge in [-0.15, -0.1) is 0 Å². The maximum atomic E-state index is 12.9. The summed E-state index contributed by atoms with van der Waals surface area (Å²) >= 11 is 0. The Hall–Kier alpha value is -2.67. The van der Waals surface area contributed by atoms with Crippen LogP contribution >= 0.6 is 0 Å². The molecule has 1 saturated heterocycles. The Bertz CT molecular complexity index is 821. The second kappa shape index (κ2) is 9.01. The lowest BCUT2D eigenvalue weighted by Crippen LogP contribution is -2.48. The molecular formula is C21H24F2N2O3. The first-order valence-corrected chi connectivity index (χ1v) is 9.17. The van der Waals surface area contributed by atoms with Gasteiger partial charge in [-0.25, -0.2) is 0 Å². The van der Waals surface area contributed by atoms with Gasteiger partial charge < -0.3 is 14.4 Å². The highest BCUT2D eigenvalue weighted by atomic mass is 19.3. The van der Waals surface area contributed by atoms with Crippen LogP contribution in [0.4, 0.5) is 8.78 Å². The van der Waals surface area contributed by atoms with Crippen LogP contribution in [0.1, 0.15) is 21.5 Å². The number of ether oxygens (including phenoxy) is 2. The standard InChI is InChI=1S/C21H24F2N2O3/c1-15-5-3-6-16(13-15)14-24-9-11-25(12-10-24)20(26)17-7-4-8-18(27-2)19(17)28-21(22)23/h3-8,13,21H,9-12,14H2,1-2H3. The van der Waals surface area contributed by atoms with Gasteiger partial charge in [-0.3, -0.25) is 9.69 Å². The van der Waals surface area contributed by atoms with Gasteiger partial charge in [0.05, 0.1) is 12.7 Å². The fourth-order valence-corrected chi connectivity index (χ4v) is 3.40. The second-order valence-electron chi connectivity index (χ2n) is 6.77. The van der Waals surface area contributed by atoms with Crippen molar-refractivity contribution in [3.05, 3.63) is 59.2 Å². The van der Waals surface area contributed by atoms with Crippen LogP contribution in [0.2, 0.25) is 0 Å². The largest absolute Gasteiger partial charge is 0.493 e. The molecule has 3 rings (SSSR count). The summed E-state index contributed by atoms with van der Waals surface area (Å²) in [7, 11) is 1.35. The predicted octanol–water partition coefficient (Wildman–Crippen LogP) is 3.56. The maximum Gasteiger partial charge on any atom is 0.387 e. The first-order valence-electron chi connectivity index (χ1n) is 9.17. The summed E-state index contributed by atoms with van der Waals surface area (Å²) < 4.78 is 35.3. The lowest BCUT2D eigenvalue weighted by atomic mass is 10.1. The summed E-state index contributed by atoms with van der Waals surface area (Å²) in [5, 5.41) is 0. The van der Waals surface area contributed by atoms with Gasteiger partial charge in [-0.05, 0) is 24.6 Å². The Morgan fingerprint density at radius 1 is 1.11 bits per heavy atom. The quantitative estimate of drug-likeness (QED) is 0.756. The van der Waals surface area contributed by atoms with Gasteiger partial charge in [0.15, 0.2) is 11.5 Å². The van der Waals surface area contributed by atoms with Crippen molar-refractivity contribution < 1.29 is 23.0 Å². The van der Waals surface area contributed by atoms with E-state index in [0.717, 1.165) is 6.54 Å². The fourth-order valence-electron chi connectivity index (χ4n) is 3.40. The molecular weight excluding hydrogens is 366 g/mol. The van der Waals surface area contributed by atoms with Gasteiger partial charge in [0, 0.05) is 32.7 Å². The smallest absolute Gasteiger partial charge is 0.387 e. The zero-order chi connectivity index (χ0) is 20.1. The molecule has 0 saturated carbocycles. The third-order valence-corrected chi connectivity index (χ3v) is 4.78. The number of amides is 1. The maximum absolute atomic E-state index is 12.9. The van der Waals surface area contributed by atoms with Crippen LogP contribution in [0.5, 0.6) is 11.5 Å². The Balaban J connectivity index is 1.67. The Labute approximate surface area is 163 Å². The van der Waals surface area contributed by atoms with Crippen molar-refractivity contribution in [3.63, 3.8) is 0 Å². The summed E-state index contributed by atoms with van der Waals surface area (Å²) in [4.78, 5) is 16.9. The highest BCUT2D eigenvalue weighted by Crippen LogP contribution is 2.33. The van der Waals surface area contributed by atoms with Crippen LogP contribution in [0, 0.1) is 6.92 Å². The van der Waals surface area contributed by atoms with Gasteiger partial charge in [-0.1, -0.05) is 35.9 Å². The number of carbonyl (C=O) groups excluding carboxylic acids is 1. The van der Waals surface area contributed by atoms with E-state index >= 15 is 0 Å². The van der Waals surface area contributed by atoms with Crippen molar-refractivity contribution >= 4 is 5.91 Å². The molecule has 0 bridgehead atoms. The van der Waals surface area contributed by atoms with Crippen molar-refractivity contribution in [3.8, 4) is 11.5 Å².